The number of aryl methyl sites for hydroxylation is 1. The van der Waals surface area contributed by atoms with Gasteiger partial charge in [0.25, 0.3) is 5.88 Å². The van der Waals surface area contributed by atoms with Crippen LogP contribution in [0.5, 0.6) is 5.88 Å². The highest BCUT2D eigenvalue weighted by Gasteiger charge is 2.24. The van der Waals surface area contributed by atoms with Crippen LogP contribution in [0.3, 0.4) is 0 Å². The van der Waals surface area contributed by atoms with Crippen molar-refractivity contribution in [1.29, 1.82) is 5.26 Å². The van der Waals surface area contributed by atoms with Gasteiger partial charge in [-0.3, -0.25) is 4.68 Å². The lowest BCUT2D eigenvalue weighted by atomic mass is 10.1. The average molecular weight is 372 g/mol. The number of ether oxygens (including phenoxy) is 1. The smallest absolute Gasteiger partial charge is 0.255 e. The van der Waals surface area contributed by atoms with E-state index in [0.717, 1.165) is 19.0 Å². The second-order valence-corrected chi connectivity index (χ2v) is 7.81. The highest BCUT2D eigenvalue weighted by Crippen LogP contribution is 2.31. The van der Waals surface area contributed by atoms with E-state index in [1.54, 1.807) is 24.7 Å². The molecule has 1 saturated carbocycles. The molecule has 2 atom stereocenters. The number of anilines is 2. The molecule has 0 radical (unpaired) electrons. The molecule has 1 N–H and O–H groups in total. The van der Waals surface area contributed by atoms with Gasteiger partial charge in [0.15, 0.2) is 0 Å². The number of nitrogens with zero attached hydrogens (tertiary/aromatic N) is 5. The second-order valence-electron chi connectivity index (χ2n) is 7.81. The Labute approximate surface area is 158 Å². The van der Waals surface area contributed by atoms with Crippen LogP contribution < -0.4 is 10.1 Å². The van der Waals surface area contributed by atoms with Gasteiger partial charge in [0.05, 0.1) is 36.5 Å². The summed E-state index contributed by atoms with van der Waals surface area (Å²) >= 11 is 0. The second kappa shape index (κ2) is 7.51. The largest absolute Gasteiger partial charge is 0.475 e. The Morgan fingerprint density at radius 1 is 1.44 bits per heavy atom. The zero-order chi connectivity index (χ0) is 19.6. The van der Waals surface area contributed by atoms with E-state index in [9.17, 15) is 9.65 Å². The number of nitriles is 1. The van der Waals surface area contributed by atoms with Crippen molar-refractivity contribution in [3.63, 3.8) is 0 Å². The first kappa shape index (κ1) is 19.1. The molecule has 0 aliphatic heterocycles. The molecule has 1 aliphatic rings. The SMILES string of the molecule is Cc1nn(C(C)(C)C#N)cc1Nc1ncc(F)c(OCC2CCC(C)C2)n1. The van der Waals surface area contributed by atoms with Gasteiger partial charge < -0.3 is 10.1 Å². The number of nitrogens with one attached hydrogen (secondary N) is 1. The van der Waals surface area contributed by atoms with Gasteiger partial charge >= 0.3 is 0 Å². The Kier molecular flexibility index (Phi) is 5.31. The molecule has 2 aromatic rings. The topological polar surface area (TPSA) is 88.7 Å². The fourth-order valence-corrected chi connectivity index (χ4v) is 3.23. The highest BCUT2D eigenvalue weighted by atomic mass is 19.1. The molecule has 0 bridgehead atoms. The first-order chi connectivity index (χ1) is 12.8. The lowest BCUT2D eigenvalue weighted by molar-refractivity contribution is 0.230. The maximum Gasteiger partial charge on any atom is 0.255 e. The fraction of sp³-hybridized carbons (Fsp3) is 0.579. The average Bonchev–Trinajstić information content (AvgIpc) is 3.21. The van der Waals surface area contributed by atoms with Crippen molar-refractivity contribution < 1.29 is 9.13 Å². The Bertz CT molecular complexity index is 856. The van der Waals surface area contributed by atoms with Crippen LogP contribution in [0.2, 0.25) is 0 Å². The van der Waals surface area contributed by atoms with Gasteiger partial charge in [-0.05, 0) is 45.4 Å². The molecule has 0 spiro atoms. The molecule has 144 valence electrons. The van der Waals surface area contributed by atoms with Crippen molar-refractivity contribution in [3.8, 4) is 11.9 Å². The third kappa shape index (κ3) is 4.35. The summed E-state index contributed by atoms with van der Waals surface area (Å²) in [6.45, 7) is 8.05. The van der Waals surface area contributed by atoms with Crippen molar-refractivity contribution >= 4 is 11.6 Å². The summed E-state index contributed by atoms with van der Waals surface area (Å²) in [6, 6.07) is 2.20. The molecular formula is C19H25FN6O. The Morgan fingerprint density at radius 2 is 2.22 bits per heavy atom. The van der Waals surface area contributed by atoms with Crippen LogP contribution in [0, 0.1) is 35.9 Å². The van der Waals surface area contributed by atoms with Gasteiger partial charge in [-0.1, -0.05) is 13.3 Å². The third-order valence-electron chi connectivity index (χ3n) is 4.96. The molecule has 1 fully saturated rings. The molecule has 2 aromatic heterocycles. The van der Waals surface area contributed by atoms with Crippen LogP contribution in [-0.4, -0.2) is 26.4 Å². The van der Waals surface area contributed by atoms with Crippen LogP contribution in [0.1, 0.15) is 45.7 Å². The lowest BCUT2D eigenvalue weighted by Crippen LogP contribution is -2.24. The number of rotatable bonds is 6. The van der Waals surface area contributed by atoms with Crippen molar-refractivity contribution in [2.45, 2.75) is 52.5 Å². The van der Waals surface area contributed by atoms with E-state index in [1.165, 1.54) is 6.42 Å². The summed E-state index contributed by atoms with van der Waals surface area (Å²) < 4.78 is 21.2. The lowest BCUT2D eigenvalue weighted by Gasteiger charge is -2.15. The van der Waals surface area contributed by atoms with E-state index in [4.69, 9.17) is 4.74 Å². The maximum atomic E-state index is 14.0. The van der Waals surface area contributed by atoms with Gasteiger partial charge in [0.1, 0.15) is 5.54 Å². The Hall–Kier alpha value is -2.69. The Morgan fingerprint density at radius 3 is 2.89 bits per heavy atom. The summed E-state index contributed by atoms with van der Waals surface area (Å²) in [5.41, 5.74) is 0.565. The zero-order valence-corrected chi connectivity index (χ0v) is 16.2. The minimum Gasteiger partial charge on any atom is -0.475 e. The zero-order valence-electron chi connectivity index (χ0n) is 16.2. The molecule has 0 saturated heterocycles. The molecule has 1 aliphatic carbocycles. The number of halogens is 1. The molecule has 3 rings (SSSR count). The monoisotopic (exact) mass is 372 g/mol. The van der Waals surface area contributed by atoms with E-state index in [2.05, 4.69) is 33.4 Å². The van der Waals surface area contributed by atoms with Crippen LogP contribution in [0.25, 0.3) is 0 Å². The van der Waals surface area contributed by atoms with E-state index < -0.39 is 11.4 Å². The molecule has 2 unspecified atom stereocenters. The number of aromatic nitrogens is 4. The van der Waals surface area contributed by atoms with Gasteiger partial charge in [0.2, 0.25) is 11.8 Å². The summed E-state index contributed by atoms with van der Waals surface area (Å²) in [7, 11) is 0. The highest BCUT2D eigenvalue weighted by molar-refractivity contribution is 5.55. The van der Waals surface area contributed by atoms with E-state index in [1.807, 2.05) is 6.92 Å². The van der Waals surface area contributed by atoms with Gasteiger partial charge in [0, 0.05) is 0 Å². The summed E-state index contributed by atoms with van der Waals surface area (Å²) in [4.78, 5) is 8.14. The van der Waals surface area contributed by atoms with Crippen LogP contribution in [-0.2, 0) is 5.54 Å². The fourth-order valence-electron chi connectivity index (χ4n) is 3.23. The minimum atomic E-state index is -0.777. The van der Waals surface area contributed by atoms with Gasteiger partial charge in [-0.25, -0.2) is 4.98 Å². The molecule has 27 heavy (non-hydrogen) atoms. The van der Waals surface area contributed by atoms with Crippen LogP contribution in [0.15, 0.2) is 12.4 Å². The van der Waals surface area contributed by atoms with E-state index >= 15 is 0 Å². The first-order valence-corrected chi connectivity index (χ1v) is 9.19. The predicted octanol–water partition coefficient (Wildman–Crippen LogP) is 3.94. The number of hydrogen-bond donors (Lipinski definition) is 1. The van der Waals surface area contributed by atoms with Crippen molar-refractivity contribution in [1.82, 2.24) is 19.7 Å². The quantitative estimate of drug-likeness (QED) is 0.826. The normalized spacial score (nSPS) is 19.7. The summed E-state index contributed by atoms with van der Waals surface area (Å²) in [6.07, 6.45) is 6.21. The predicted molar refractivity (Wildman–Crippen MR) is 99.2 cm³/mol. The Balaban J connectivity index is 1.72. The molecule has 0 aromatic carbocycles. The third-order valence-corrected chi connectivity index (χ3v) is 4.96. The first-order valence-electron chi connectivity index (χ1n) is 9.19. The maximum absolute atomic E-state index is 14.0. The number of hydrogen-bond acceptors (Lipinski definition) is 6. The standard InChI is InChI=1S/C19H25FN6O/c1-12-5-6-14(7-12)10-27-17-15(20)8-22-18(24-17)23-16-9-26(25-13(16)2)19(3,4)11-21/h8-9,12,14H,5-7,10H2,1-4H3,(H,22,23,24). The van der Waals surface area contributed by atoms with Crippen LogP contribution >= 0.6 is 0 Å². The molecular weight excluding hydrogens is 347 g/mol. The van der Waals surface area contributed by atoms with Crippen molar-refractivity contribution in [2.75, 3.05) is 11.9 Å². The van der Waals surface area contributed by atoms with Crippen molar-refractivity contribution in [2.24, 2.45) is 11.8 Å². The molecule has 8 heteroatoms. The van der Waals surface area contributed by atoms with Crippen molar-refractivity contribution in [3.05, 3.63) is 23.9 Å². The molecule has 7 nitrogen and oxygen atoms in total. The minimum absolute atomic E-state index is 0.0468. The van der Waals surface area contributed by atoms with Crippen LogP contribution in [0.4, 0.5) is 16.0 Å². The summed E-state index contributed by atoms with van der Waals surface area (Å²) in [5, 5.41) is 16.6. The van der Waals surface area contributed by atoms with E-state index in [0.29, 0.717) is 29.8 Å². The molecule has 0 amide bonds. The molecule has 2 heterocycles. The summed E-state index contributed by atoms with van der Waals surface area (Å²) in [5.74, 6) is 0.741. The van der Waals surface area contributed by atoms with E-state index in [-0.39, 0.29) is 11.8 Å². The van der Waals surface area contributed by atoms with Gasteiger partial charge in [-0.15, -0.1) is 0 Å². The van der Waals surface area contributed by atoms with Gasteiger partial charge in [-0.2, -0.15) is 19.7 Å².